The van der Waals surface area contributed by atoms with Gasteiger partial charge < -0.3 is 10.6 Å². The molecule has 0 saturated heterocycles. The van der Waals surface area contributed by atoms with Crippen LogP contribution >= 0.6 is 0 Å². The first kappa shape index (κ1) is 13.6. The third kappa shape index (κ3) is 2.35. The van der Waals surface area contributed by atoms with Crippen LogP contribution in [0.2, 0.25) is 0 Å². The predicted molar refractivity (Wildman–Crippen MR) is 81.5 cm³/mol. The van der Waals surface area contributed by atoms with Crippen LogP contribution in [0.25, 0.3) is 0 Å². The van der Waals surface area contributed by atoms with Crippen LogP contribution in [0.3, 0.4) is 0 Å². The van der Waals surface area contributed by atoms with Gasteiger partial charge in [-0.2, -0.15) is 0 Å². The molecule has 2 N–H and O–H groups in total. The molecule has 20 heavy (non-hydrogen) atoms. The lowest BCUT2D eigenvalue weighted by molar-refractivity contribution is -0.123. The fourth-order valence-corrected chi connectivity index (χ4v) is 3.73. The number of carbonyl (C=O) groups excluding carboxylic acids is 1. The summed E-state index contributed by atoms with van der Waals surface area (Å²) in [6, 6.07) is 8.21. The van der Waals surface area contributed by atoms with Crippen molar-refractivity contribution in [3.05, 3.63) is 29.8 Å². The van der Waals surface area contributed by atoms with E-state index in [1.165, 1.54) is 12.8 Å². The van der Waals surface area contributed by atoms with Crippen LogP contribution in [0.4, 0.5) is 5.69 Å². The van der Waals surface area contributed by atoms with Gasteiger partial charge in [-0.1, -0.05) is 31.5 Å². The molecule has 3 nitrogen and oxygen atoms in total. The number of hydrogen-bond acceptors (Lipinski definition) is 2. The van der Waals surface area contributed by atoms with E-state index in [-0.39, 0.29) is 12.0 Å². The maximum Gasteiger partial charge on any atom is 0.230 e. The van der Waals surface area contributed by atoms with Crippen LogP contribution in [-0.4, -0.2) is 12.5 Å². The van der Waals surface area contributed by atoms with E-state index < -0.39 is 0 Å². The van der Waals surface area contributed by atoms with Crippen molar-refractivity contribution in [2.75, 3.05) is 11.4 Å². The molecule has 1 heterocycles. The highest BCUT2D eigenvalue weighted by Gasteiger charge is 2.35. The monoisotopic (exact) mass is 272 g/mol. The van der Waals surface area contributed by atoms with E-state index in [0.717, 1.165) is 37.1 Å². The van der Waals surface area contributed by atoms with Gasteiger partial charge in [-0.25, -0.2) is 0 Å². The van der Waals surface area contributed by atoms with Gasteiger partial charge in [-0.15, -0.1) is 0 Å². The maximum atomic E-state index is 12.9. The number of anilines is 1. The van der Waals surface area contributed by atoms with E-state index in [1.807, 2.05) is 17.0 Å². The van der Waals surface area contributed by atoms with Crippen LogP contribution in [-0.2, 0) is 4.79 Å². The van der Waals surface area contributed by atoms with Crippen molar-refractivity contribution in [3.8, 4) is 0 Å². The lowest BCUT2D eigenvalue weighted by Crippen LogP contribution is -2.37. The van der Waals surface area contributed by atoms with Gasteiger partial charge >= 0.3 is 0 Å². The minimum absolute atomic E-state index is 0.0602. The maximum absolute atomic E-state index is 12.9. The normalized spacial score (nSPS) is 29.9. The minimum atomic E-state index is 0.0602. The second-order valence-corrected chi connectivity index (χ2v) is 6.31. The predicted octanol–water partition coefficient (Wildman–Crippen LogP) is 3.25. The molecular weight excluding hydrogens is 248 g/mol. The molecule has 0 spiro atoms. The summed E-state index contributed by atoms with van der Waals surface area (Å²) in [6.45, 7) is 3.03. The number of nitrogens with two attached hydrogens (primary N) is 1. The largest absolute Gasteiger partial charge is 0.324 e. The molecule has 1 amide bonds. The van der Waals surface area contributed by atoms with E-state index in [1.54, 1.807) is 0 Å². The first-order valence-electron chi connectivity index (χ1n) is 7.84. The average molecular weight is 272 g/mol. The number of hydrogen-bond donors (Lipinski definition) is 1. The third-order valence-corrected chi connectivity index (χ3v) is 4.97. The summed E-state index contributed by atoms with van der Waals surface area (Å²) in [5.41, 5.74) is 8.42. The molecule has 0 bridgehead atoms. The van der Waals surface area contributed by atoms with E-state index >= 15 is 0 Å². The number of nitrogens with zero attached hydrogens (tertiary/aromatic N) is 1. The van der Waals surface area contributed by atoms with Crippen molar-refractivity contribution in [1.82, 2.24) is 0 Å². The van der Waals surface area contributed by atoms with Crippen molar-refractivity contribution in [2.45, 2.75) is 45.1 Å². The van der Waals surface area contributed by atoms with Crippen molar-refractivity contribution < 1.29 is 4.79 Å². The molecule has 1 fully saturated rings. The number of carbonyl (C=O) groups is 1. The van der Waals surface area contributed by atoms with E-state index in [0.29, 0.717) is 11.8 Å². The molecule has 3 heteroatoms. The standard InChI is InChI=1S/C17H24N2O/c1-12-6-4-8-13(12)17(20)19-11-5-9-15(18)14-7-2-3-10-16(14)19/h2-3,7,10,12-13,15H,4-6,8-9,11,18H2,1H3. The smallest absolute Gasteiger partial charge is 0.230 e. The molecule has 0 radical (unpaired) electrons. The van der Waals surface area contributed by atoms with Gasteiger partial charge in [0.2, 0.25) is 5.91 Å². The zero-order valence-corrected chi connectivity index (χ0v) is 12.2. The Morgan fingerprint density at radius 1 is 1.20 bits per heavy atom. The van der Waals surface area contributed by atoms with Gasteiger partial charge in [0.05, 0.1) is 0 Å². The summed E-state index contributed by atoms with van der Waals surface area (Å²) in [7, 11) is 0. The van der Waals surface area contributed by atoms with Gasteiger partial charge in [0.15, 0.2) is 0 Å². The highest BCUT2D eigenvalue weighted by molar-refractivity contribution is 5.96. The number of benzene rings is 1. The zero-order chi connectivity index (χ0) is 14.1. The van der Waals surface area contributed by atoms with E-state index in [4.69, 9.17) is 5.73 Å². The molecule has 2 aliphatic rings. The Morgan fingerprint density at radius 2 is 2.00 bits per heavy atom. The van der Waals surface area contributed by atoms with Crippen molar-refractivity contribution in [1.29, 1.82) is 0 Å². The summed E-state index contributed by atoms with van der Waals surface area (Å²) in [4.78, 5) is 14.9. The highest BCUT2D eigenvalue weighted by Crippen LogP contribution is 2.37. The quantitative estimate of drug-likeness (QED) is 0.853. The van der Waals surface area contributed by atoms with Crippen molar-refractivity contribution >= 4 is 11.6 Å². The first-order valence-corrected chi connectivity index (χ1v) is 7.84. The Labute approximate surface area is 121 Å². The van der Waals surface area contributed by atoms with Crippen LogP contribution in [0.1, 0.15) is 50.6 Å². The van der Waals surface area contributed by atoms with Gasteiger partial charge in [-0.3, -0.25) is 4.79 Å². The third-order valence-electron chi connectivity index (χ3n) is 4.97. The zero-order valence-electron chi connectivity index (χ0n) is 12.2. The summed E-state index contributed by atoms with van der Waals surface area (Å²) in [6.07, 6.45) is 5.37. The Bertz CT molecular complexity index is 500. The molecular formula is C17H24N2O. The molecule has 3 rings (SSSR count). The molecule has 1 saturated carbocycles. The van der Waals surface area contributed by atoms with Gasteiger partial charge in [0, 0.05) is 24.2 Å². The lowest BCUT2D eigenvalue weighted by atomic mass is 9.96. The second-order valence-electron chi connectivity index (χ2n) is 6.31. The summed E-state index contributed by atoms with van der Waals surface area (Å²) in [5, 5.41) is 0. The SMILES string of the molecule is CC1CCCC1C(=O)N1CCCC(N)c2ccccc21. The number of rotatable bonds is 1. The molecule has 1 aliphatic heterocycles. The number of amides is 1. The van der Waals surface area contributed by atoms with Gasteiger partial charge in [-0.05, 0) is 43.2 Å². The molecule has 3 atom stereocenters. The molecule has 1 aromatic rings. The first-order chi connectivity index (χ1) is 9.68. The number of para-hydroxylation sites is 1. The van der Waals surface area contributed by atoms with Crippen molar-refractivity contribution in [3.63, 3.8) is 0 Å². The molecule has 3 unspecified atom stereocenters. The highest BCUT2D eigenvalue weighted by atomic mass is 16.2. The molecule has 1 aromatic carbocycles. The fourth-order valence-electron chi connectivity index (χ4n) is 3.73. The minimum Gasteiger partial charge on any atom is -0.324 e. The van der Waals surface area contributed by atoms with Gasteiger partial charge in [0.25, 0.3) is 0 Å². The number of fused-ring (bicyclic) bond motifs is 1. The van der Waals surface area contributed by atoms with Crippen LogP contribution in [0, 0.1) is 11.8 Å². The Balaban J connectivity index is 1.93. The summed E-state index contributed by atoms with van der Waals surface area (Å²) < 4.78 is 0. The van der Waals surface area contributed by atoms with Gasteiger partial charge in [0.1, 0.15) is 0 Å². The topological polar surface area (TPSA) is 46.3 Å². The molecule has 1 aliphatic carbocycles. The van der Waals surface area contributed by atoms with Crippen LogP contribution in [0.15, 0.2) is 24.3 Å². The van der Waals surface area contributed by atoms with E-state index in [2.05, 4.69) is 19.1 Å². The molecule has 108 valence electrons. The Kier molecular flexibility index (Phi) is 3.79. The lowest BCUT2D eigenvalue weighted by Gasteiger charge is -2.28. The van der Waals surface area contributed by atoms with Crippen molar-refractivity contribution in [2.24, 2.45) is 17.6 Å². The molecule has 0 aromatic heterocycles. The van der Waals surface area contributed by atoms with Crippen LogP contribution in [0.5, 0.6) is 0 Å². The van der Waals surface area contributed by atoms with E-state index in [9.17, 15) is 4.79 Å². The summed E-state index contributed by atoms with van der Waals surface area (Å²) in [5.74, 6) is 1.04. The Hall–Kier alpha value is -1.35. The Morgan fingerprint density at radius 3 is 2.75 bits per heavy atom. The van der Waals surface area contributed by atoms with Crippen LogP contribution < -0.4 is 10.6 Å². The summed E-state index contributed by atoms with van der Waals surface area (Å²) >= 11 is 0. The average Bonchev–Trinajstić information content (AvgIpc) is 2.81. The second kappa shape index (κ2) is 5.57. The fraction of sp³-hybridized carbons (Fsp3) is 0.588.